The summed E-state index contributed by atoms with van der Waals surface area (Å²) < 4.78 is 13.8. The molecule has 0 saturated heterocycles. The van der Waals surface area contributed by atoms with Gasteiger partial charge in [0.1, 0.15) is 6.17 Å². The summed E-state index contributed by atoms with van der Waals surface area (Å²) in [5, 5.41) is 0.903. The Morgan fingerprint density at radius 2 is 2.17 bits per heavy atom. The van der Waals surface area contributed by atoms with Gasteiger partial charge in [-0.3, -0.25) is 0 Å². The van der Waals surface area contributed by atoms with Crippen molar-refractivity contribution in [2.24, 2.45) is 0 Å². The van der Waals surface area contributed by atoms with Gasteiger partial charge in [0.25, 0.3) is 0 Å². The van der Waals surface area contributed by atoms with Gasteiger partial charge in [-0.2, -0.15) is 0 Å². The first-order chi connectivity index (χ1) is 5.65. The summed E-state index contributed by atoms with van der Waals surface area (Å²) in [6.07, 6.45) is -0.989. The SMILES string of the molecule is FC(CBr)c1ccc(Cl)cc1Br. The Balaban J connectivity index is 3.01. The minimum Gasteiger partial charge on any atom is -0.241 e. The van der Waals surface area contributed by atoms with Crippen LogP contribution >= 0.6 is 43.5 Å². The average molecular weight is 316 g/mol. The van der Waals surface area contributed by atoms with Crippen molar-refractivity contribution < 1.29 is 4.39 Å². The fourth-order valence-corrected chi connectivity index (χ4v) is 2.12. The van der Waals surface area contributed by atoms with Crippen molar-refractivity contribution in [3.8, 4) is 0 Å². The van der Waals surface area contributed by atoms with E-state index in [1.807, 2.05) is 0 Å². The molecular weight excluding hydrogens is 310 g/mol. The normalized spacial score (nSPS) is 13.0. The highest BCUT2D eigenvalue weighted by Gasteiger charge is 2.11. The van der Waals surface area contributed by atoms with E-state index >= 15 is 0 Å². The fourth-order valence-electron chi connectivity index (χ4n) is 0.839. The van der Waals surface area contributed by atoms with E-state index in [4.69, 9.17) is 11.6 Å². The molecule has 0 amide bonds. The van der Waals surface area contributed by atoms with Crippen LogP contribution in [0, 0.1) is 0 Å². The quantitative estimate of drug-likeness (QED) is 0.704. The highest BCUT2D eigenvalue weighted by atomic mass is 79.9. The highest BCUT2D eigenvalue weighted by molar-refractivity contribution is 9.10. The maximum absolute atomic E-state index is 13.1. The molecular formula is C8H6Br2ClF. The first-order valence-corrected chi connectivity index (χ1v) is 5.59. The van der Waals surface area contributed by atoms with E-state index in [0.29, 0.717) is 20.4 Å². The van der Waals surface area contributed by atoms with Crippen LogP contribution in [0.15, 0.2) is 22.7 Å². The van der Waals surface area contributed by atoms with Gasteiger partial charge in [0.05, 0.1) is 0 Å². The second kappa shape index (κ2) is 4.58. The van der Waals surface area contributed by atoms with Crippen LogP contribution < -0.4 is 0 Å². The van der Waals surface area contributed by atoms with Crippen molar-refractivity contribution in [2.75, 3.05) is 5.33 Å². The monoisotopic (exact) mass is 314 g/mol. The molecule has 0 saturated carbocycles. The van der Waals surface area contributed by atoms with E-state index < -0.39 is 6.17 Å². The van der Waals surface area contributed by atoms with Gasteiger partial charge < -0.3 is 0 Å². The third-order valence-corrected chi connectivity index (χ3v) is 2.93. The first-order valence-electron chi connectivity index (χ1n) is 3.30. The average Bonchev–Trinajstić information content (AvgIpc) is 2.03. The van der Waals surface area contributed by atoms with Crippen molar-refractivity contribution in [1.29, 1.82) is 0 Å². The molecule has 1 aromatic carbocycles. The van der Waals surface area contributed by atoms with Gasteiger partial charge in [-0.05, 0) is 12.1 Å². The molecule has 66 valence electrons. The van der Waals surface area contributed by atoms with E-state index in [-0.39, 0.29) is 0 Å². The van der Waals surface area contributed by atoms with Crippen LogP contribution in [-0.2, 0) is 0 Å². The summed E-state index contributed by atoms with van der Waals surface area (Å²) in [4.78, 5) is 0. The second-order valence-electron chi connectivity index (χ2n) is 2.29. The van der Waals surface area contributed by atoms with E-state index in [2.05, 4.69) is 31.9 Å². The summed E-state index contributed by atoms with van der Waals surface area (Å²) in [7, 11) is 0. The highest BCUT2D eigenvalue weighted by Crippen LogP contribution is 2.29. The van der Waals surface area contributed by atoms with Crippen molar-refractivity contribution in [3.63, 3.8) is 0 Å². The molecule has 1 atom stereocenters. The molecule has 0 aliphatic heterocycles. The molecule has 1 unspecified atom stereocenters. The number of benzene rings is 1. The molecule has 1 rings (SSSR count). The van der Waals surface area contributed by atoms with E-state index in [1.165, 1.54) is 0 Å². The standard InChI is InChI=1S/C8H6Br2ClF/c9-4-8(12)6-2-1-5(11)3-7(6)10/h1-3,8H,4H2. The molecule has 0 aliphatic carbocycles. The molecule has 0 nitrogen and oxygen atoms in total. The van der Waals surface area contributed by atoms with Crippen molar-refractivity contribution in [1.82, 2.24) is 0 Å². The Bertz CT molecular complexity index is 278. The third kappa shape index (κ3) is 2.44. The predicted molar refractivity (Wildman–Crippen MR) is 56.8 cm³/mol. The lowest BCUT2D eigenvalue weighted by molar-refractivity contribution is 0.381. The Kier molecular flexibility index (Phi) is 4.00. The molecule has 0 aromatic heterocycles. The molecule has 0 spiro atoms. The number of halogens is 4. The first kappa shape index (κ1) is 10.5. The largest absolute Gasteiger partial charge is 0.241 e. The van der Waals surface area contributed by atoms with E-state index in [0.717, 1.165) is 0 Å². The fraction of sp³-hybridized carbons (Fsp3) is 0.250. The lowest BCUT2D eigenvalue weighted by atomic mass is 10.1. The Hall–Kier alpha value is 0.400. The zero-order valence-corrected chi connectivity index (χ0v) is 9.96. The summed E-state index contributed by atoms with van der Waals surface area (Å²) in [5.41, 5.74) is 0.622. The number of hydrogen-bond donors (Lipinski definition) is 0. The van der Waals surface area contributed by atoms with Gasteiger partial charge in [0.2, 0.25) is 0 Å². The molecule has 0 fully saturated rings. The van der Waals surface area contributed by atoms with Crippen molar-refractivity contribution >= 4 is 43.5 Å². The minimum absolute atomic E-state index is 0.299. The molecule has 0 heterocycles. The molecule has 4 heteroatoms. The van der Waals surface area contributed by atoms with Crippen LogP contribution in [0.25, 0.3) is 0 Å². The smallest absolute Gasteiger partial charge is 0.136 e. The van der Waals surface area contributed by atoms with Crippen LogP contribution in [0.2, 0.25) is 5.02 Å². The van der Waals surface area contributed by atoms with Gasteiger partial charge in [-0.1, -0.05) is 49.5 Å². The Morgan fingerprint density at radius 1 is 1.50 bits per heavy atom. The van der Waals surface area contributed by atoms with Crippen LogP contribution in [-0.4, -0.2) is 5.33 Å². The topological polar surface area (TPSA) is 0 Å². The van der Waals surface area contributed by atoms with Crippen LogP contribution in [0.4, 0.5) is 4.39 Å². The molecule has 0 aliphatic rings. The zero-order valence-electron chi connectivity index (χ0n) is 6.03. The second-order valence-corrected chi connectivity index (χ2v) is 4.23. The minimum atomic E-state index is -0.989. The molecule has 12 heavy (non-hydrogen) atoms. The molecule has 0 radical (unpaired) electrons. The van der Waals surface area contributed by atoms with Crippen molar-refractivity contribution in [3.05, 3.63) is 33.3 Å². The van der Waals surface area contributed by atoms with E-state index in [9.17, 15) is 4.39 Å². The van der Waals surface area contributed by atoms with Gasteiger partial charge in [0.15, 0.2) is 0 Å². The van der Waals surface area contributed by atoms with Crippen LogP contribution in [0.3, 0.4) is 0 Å². The van der Waals surface area contributed by atoms with Crippen molar-refractivity contribution in [2.45, 2.75) is 6.17 Å². The molecule has 1 aromatic rings. The maximum atomic E-state index is 13.1. The summed E-state index contributed by atoms with van der Waals surface area (Å²) >= 11 is 12.0. The summed E-state index contributed by atoms with van der Waals surface area (Å²) in [6.45, 7) is 0. The lowest BCUT2D eigenvalue weighted by Gasteiger charge is -2.06. The maximum Gasteiger partial charge on any atom is 0.136 e. The summed E-state index contributed by atoms with van der Waals surface area (Å²) in [6, 6.07) is 5.04. The van der Waals surface area contributed by atoms with Gasteiger partial charge in [-0.15, -0.1) is 0 Å². The van der Waals surface area contributed by atoms with Gasteiger partial charge in [-0.25, -0.2) is 4.39 Å². The van der Waals surface area contributed by atoms with Gasteiger partial charge in [0, 0.05) is 20.4 Å². The lowest BCUT2D eigenvalue weighted by Crippen LogP contribution is -1.93. The third-order valence-electron chi connectivity index (χ3n) is 1.44. The zero-order chi connectivity index (χ0) is 9.14. The Morgan fingerprint density at radius 3 is 2.67 bits per heavy atom. The Labute approximate surface area is 92.4 Å². The number of rotatable bonds is 2. The number of alkyl halides is 2. The van der Waals surface area contributed by atoms with Crippen LogP contribution in [0.5, 0.6) is 0 Å². The van der Waals surface area contributed by atoms with Gasteiger partial charge >= 0.3 is 0 Å². The molecule has 0 bridgehead atoms. The summed E-state index contributed by atoms with van der Waals surface area (Å²) in [5.74, 6) is 0. The van der Waals surface area contributed by atoms with Crippen LogP contribution in [0.1, 0.15) is 11.7 Å². The predicted octanol–water partition coefficient (Wildman–Crippen LogP) is 4.51. The molecule has 0 N–H and O–H groups in total. The van der Waals surface area contributed by atoms with E-state index in [1.54, 1.807) is 18.2 Å². The number of hydrogen-bond acceptors (Lipinski definition) is 0.